The van der Waals surface area contributed by atoms with Crippen LogP contribution in [0, 0.1) is 0 Å². The molecule has 5 atom stereocenters. The van der Waals surface area contributed by atoms with Gasteiger partial charge in [-0.3, -0.25) is 0 Å². The molecular weight excluding hydrogens is 396 g/mol. The Hall–Kier alpha value is -1.80. The zero-order valence-electron chi connectivity index (χ0n) is 18.4. The predicted molar refractivity (Wildman–Crippen MR) is 117 cm³/mol. The summed E-state index contributed by atoms with van der Waals surface area (Å²) in [5.41, 5.74) is 2.18. The van der Waals surface area contributed by atoms with E-state index in [9.17, 15) is 5.11 Å². The van der Waals surface area contributed by atoms with E-state index in [2.05, 4.69) is 0 Å². The molecule has 1 unspecified atom stereocenters. The maximum absolute atomic E-state index is 10.6. The zero-order chi connectivity index (χ0) is 21.9. The van der Waals surface area contributed by atoms with Crippen molar-refractivity contribution in [2.24, 2.45) is 0 Å². The standard InChI is InChI=1S/C25H34O6/c1-3-28-19(2)29-18-24-22(26)14-23(30-16-21-12-8-5-9-13-21)25(31-24)17-27-15-20-10-6-4-7-11-20/h4-13,19,22-26H,3,14-18H2,1-2H3/t19?,22-,23+,24+,25-/m0/s1. The molecule has 1 aliphatic rings. The molecule has 1 saturated heterocycles. The minimum Gasteiger partial charge on any atom is -0.390 e. The molecule has 1 aliphatic heterocycles. The van der Waals surface area contributed by atoms with Crippen molar-refractivity contribution in [2.45, 2.75) is 64.2 Å². The Morgan fingerprint density at radius 3 is 2.19 bits per heavy atom. The van der Waals surface area contributed by atoms with Crippen LogP contribution < -0.4 is 0 Å². The third-order valence-electron chi connectivity index (χ3n) is 5.26. The van der Waals surface area contributed by atoms with Crippen LogP contribution in [0.3, 0.4) is 0 Å². The van der Waals surface area contributed by atoms with Gasteiger partial charge in [-0.05, 0) is 25.0 Å². The van der Waals surface area contributed by atoms with Crippen LogP contribution in [0.25, 0.3) is 0 Å². The topological polar surface area (TPSA) is 66.4 Å². The lowest BCUT2D eigenvalue weighted by atomic mass is 9.98. The van der Waals surface area contributed by atoms with Crippen molar-refractivity contribution in [3.63, 3.8) is 0 Å². The number of hydrogen-bond donors (Lipinski definition) is 1. The van der Waals surface area contributed by atoms with Crippen LogP contribution in [-0.2, 0) is 36.9 Å². The number of hydrogen-bond acceptors (Lipinski definition) is 6. The van der Waals surface area contributed by atoms with Gasteiger partial charge in [-0.25, -0.2) is 0 Å². The van der Waals surface area contributed by atoms with Gasteiger partial charge in [0.25, 0.3) is 0 Å². The van der Waals surface area contributed by atoms with E-state index in [1.54, 1.807) is 0 Å². The summed E-state index contributed by atoms with van der Waals surface area (Å²) in [6.45, 7) is 5.91. The van der Waals surface area contributed by atoms with Crippen molar-refractivity contribution in [3.05, 3.63) is 71.8 Å². The SMILES string of the molecule is CCOC(C)OC[C@H]1O[C@@H](COCc2ccccc2)[C@H](OCc2ccccc2)C[C@@H]1O. The second-order valence-corrected chi connectivity index (χ2v) is 7.71. The Kier molecular flexibility index (Phi) is 9.93. The maximum atomic E-state index is 10.6. The lowest BCUT2D eigenvalue weighted by Crippen LogP contribution is -2.51. The van der Waals surface area contributed by atoms with Crippen LogP contribution in [0.2, 0.25) is 0 Å². The van der Waals surface area contributed by atoms with Crippen molar-refractivity contribution in [2.75, 3.05) is 19.8 Å². The van der Waals surface area contributed by atoms with Gasteiger partial charge in [0.2, 0.25) is 0 Å². The molecule has 170 valence electrons. The van der Waals surface area contributed by atoms with E-state index in [0.29, 0.717) is 32.8 Å². The van der Waals surface area contributed by atoms with Crippen LogP contribution in [0.1, 0.15) is 31.4 Å². The highest BCUT2D eigenvalue weighted by Gasteiger charge is 2.38. The molecule has 0 amide bonds. The van der Waals surface area contributed by atoms with E-state index in [1.807, 2.05) is 74.5 Å². The molecule has 2 aromatic carbocycles. The van der Waals surface area contributed by atoms with Gasteiger partial charge in [-0.2, -0.15) is 0 Å². The average molecular weight is 431 g/mol. The molecule has 2 aromatic rings. The number of benzene rings is 2. The fourth-order valence-corrected chi connectivity index (χ4v) is 3.57. The van der Waals surface area contributed by atoms with Gasteiger partial charge < -0.3 is 28.8 Å². The summed E-state index contributed by atoms with van der Waals surface area (Å²) in [6, 6.07) is 20.0. The van der Waals surface area contributed by atoms with E-state index < -0.39 is 12.2 Å². The third kappa shape index (κ3) is 8.00. The van der Waals surface area contributed by atoms with Gasteiger partial charge in [0.15, 0.2) is 6.29 Å². The Bertz CT molecular complexity index is 725. The maximum Gasteiger partial charge on any atom is 0.154 e. The Morgan fingerprint density at radius 2 is 1.55 bits per heavy atom. The first-order chi connectivity index (χ1) is 15.2. The fourth-order valence-electron chi connectivity index (χ4n) is 3.57. The van der Waals surface area contributed by atoms with Crippen molar-refractivity contribution in [1.29, 1.82) is 0 Å². The number of ether oxygens (including phenoxy) is 5. The van der Waals surface area contributed by atoms with Crippen molar-refractivity contribution in [3.8, 4) is 0 Å². The minimum absolute atomic E-state index is 0.253. The largest absolute Gasteiger partial charge is 0.390 e. The van der Waals surface area contributed by atoms with Gasteiger partial charge in [0, 0.05) is 13.0 Å². The number of aliphatic hydroxyl groups is 1. The van der Waals surface area contributed by atoms with Gasteiger partial charge >= 0.3 is 0 Å². The first-order valence-corrected chi connectivity index (χ1v) is 11.0. The van der Waals surface area contributed by atoms with Gasteiger partial charge in [0.1, 0.15) is 12.2 Å². The summed E-state index contributed by atoms with van der Waals surface area (Å²) in [7, 11) is 0. The number of rotatable bonds is 12. The molecule has 0 radical (unpaired) electrons. The lowest BCUT2D eigenvalue weighted by Gasteiger charge is -2.39. The second-order valence-electron chi connectivity index (χ2n) is 7.71. The third-order valence-corrected chi connectivity index (χ3v) is 5.26. The highest BCUT2D eigenvalue weighted by molar-refractivity contribution is 5.14. The molecule has 6 nitrogen and oxygen atoms in total. The van der Waals surface area contributed by atoms with E-state index in [4.69, 9.17) is 23.7 Å². The van der Waals surface area contributed by atoms with Crippen LogP contribution in [0.15, 0.2) is 60.7 Å². The van der Waals surface area contributed by atoms with Crippen LogP contribution >= 0.6 is 0 Å². The summed E-state index contributed by atoms with van der Waals surface area (Å²) in [5, 5.41) is 10.6. The number of aliphatic hydroxyl groups excluding tert-OH is 1. The van der Waals surface area contributed by atoms with Crippen molar-refractivity contribution in [1.82, 2.24) is 0 Å². The monoisotopic (exact) mass is 430 g/mol. The Labute approximate surface area is 185 Å². The Morgan fingerprint density at radius 1 is 0.903 bits per heavy atom. The predicted octanol–water partition coefficient (Wildman–Crippen LogP) is 3.71. The summed E-state index contributed by atoms with van der Waals surface area (Å²) >= 11 is 0. The molecule has 1 fully saturated rings. The van der Waals surface area contributed by atoms with Gasteiger partial charge in [-0.15, -0.1) is 0 Å². The molecule has 3 rings (SSSR count). The molecular formula is C25H34O6. The molecule has 0 aromatic heterocycles. The van der Waals surface area contributed by atoms with Crippen LogP contribution in [0.5, 0.6) is 0 Å². The van der Waals surface area contributed by atoms with E-state index in [0.717, 1.165) is 11.1 Å². The first-order valence-electron chi connectivity index (χ1n) is 11.0. The van der Waals surface area contributed by atoms with Gasteiger partial charge in [-0.1, -0.05) is 60.7 Å². The summed E-state index contributed by atoms with van der Waals surface area (Å²) in [4.78, 5) is 0. The average Bonchev–Trinajstić information content (AvgIpc) is 2.79. The Balaban J connectivity index is 1.57. The smallest absolute Gasteiger partial charge is 0.154 e. The molecule has 0 bridgehead atoms. The summed E-state index contributed by atoms with van der Waals surface area (Å²) in [6.07, 6.45) is -1.59. The van der Waals surface area contributed by atoms with Crippen LogP contribution in [0.4, 0.5) is 0 Å². The molecule has 0 aliphatic carbocycles. The zero-order valence-corrected chi connectivity index (χ0v) is 18.4. The molecule has 1 N–H and O–H groups in total. The van der Waals surface area contributed by atoms with E-state index in [-0.39, 0.29) is 25.1 Å². The molecule has 31 heavy (non-hydrogen) atoms. The molecule has 1 heterocycles. The van der Waals surface area contributed by atoms with Crippen molar-refractivity contribution < 1.29 is 28.8 Å². The van der Waals surface area contributed by atoms with Gasteiger partial charge in [0.05, 0.1) is 38.6 Å². The molecule has 0 saturated carbocycles. The fraction of sp³-hybridized carbons (Fsp3) is 0.520. The highest BCUT2D eigenvalue weighted by Crippen LogP contribution is 2.25. The normalized spacial score (nSPS) is 24.7. The summed E-state index contributed by atoms with van der Waals surface area (Å²) < 4.78 is 29.4. The molecule has 0 spiro atoms. The quantitative estimate of drug-likeness (QED) is 0.518. The minimum atomic E-state index is -0.681. The first kappa shape index (κ1) is 23.9. The van der Waals surface area contributed by atoms with E-state index in [1.165, 1.54) is 0 Å². The lowest BCUT2D eigenvalue weighted by molar-refractivity contribution is -0.230. The van der Waals surface area contributed by atoms with Crippen molar-refractivity contribution >= 4 is 0 Å². The highest BCUT2D eigenvalue weighted by atomic mass is 16.7. The molecule has 6 heteroatoms. The second kappa shape index (κ2) is 12.9. The summed E-state index contributed by atoms with van der Waals surface area (Å²) in [5.74, 6) is 0. The van der Waals surface area contributed by atoms with Crippen LogP contribution in [-0.4, -0.2) is 55.6 Å². The van der Waals surface area contributed by atoms with E-state index >= 15 is 0 Å².